The smallest absolute Gasteiger partial charge is 0.222 e. The number of hydrogen-bond donors (Lipinski definition) is 2. The van der Waals surface area contributed by atoms with E-state index in [1.807, 2.05) is 24.0 Å². The highest BCUT2D eigenvalue weighted by Gasteiger charge is 2.25. The molecule has 2 N–H and O–H groups in total. The third-order valence-electron chi connectivity index (χ3n) is 4.70. The van der Waals surface area contributed by atoms with Crippen molar-refractivity contribution >= 4 is 11.9 Å². The molecule has 154 valence electrons. The molecule has 2 aromatic rings. The van der Waals surface area contributed by atoms with Crippen LogP contribution in [0.4, 0.5) is 4.39 Å². The summed E-state index contributed by atoms with van der Waals surface area (Å²) in [6.07, 6.45) is 3.10. The van der Waals surface area contributed by atoms with Gasteiger partial charge in [0.05, 0.1) is 0 Å². The van der Waals surface area contributed by atoms with Gasteiger partial charge in [0.1, 0.15) is 11.6 Å². The number of ether oxygens (including phenoxy) is 1. The number of nitrogens with one attached hydrogen (secondary N) is 2. The minimum Gasteiger partial charge on any atom is -0.439 e. The third kappa shape index (κ3) is 5.91. The van der Waals surface area contributed by atoms with Gasteiger partial charge in [-0.15, -0.1) is 0 Å². The number of likely N-dealkylation sites (tertiary alicyclic amines) is 1. The van der Waals surface area contributed by atoms with Gasteiger partial charge in [0.25, 0.3) is 0 Å². The van der Waals surface area contributed by atoms with Gasteiger partial charge in [0.2, 0.25) is 11.8 Å². The topological polar surface area (TPSA) is 78.9 Å². The van der Waals surface area contributed by atoms with Gasteiger partial charge < -0.3 is 20.3 Å². The Labute approximate surface area is 170 Å². The number of guanidine groups is 1. The highest BCUT2D eigenvalue weighted by atomic mass is 19.1. The van der Waals surface area contributed by atoms with Crippen molar-refractivity contribution in [2.75, 3.05) is 20.1 Å². The van der Waals surface area contributed by atoms with E-state index >= 15 is 0 Å². The van der Waals surface area contributed by atoms with Gasteiger partial charge in [-0.1, -0.05) is 6.92 Å². The first kappa shape index (κ1) is 20.6. The van der Waals surface area contributed by atoms with Gasteiger partial charge in [-0.2, -0.15) is 0 Å². The standard InChI is InChI=1S/C21H26FN5O2/c1-3-20(28)27-11-9-17(14-27)26-21(23-2)25-13-15-8-10-24-19(12-15)29-18-6-4-16(22)5-7-18/h4-8,10,12,17H,3,9,11,13-14H2,1-2H3,(H2,23,25,26). The quantitative estimate of drug-likeness (QED) is 0.577. The molecule has 29 heavy (non-hydrogen) atoms. The van der Waals surface area contributed by atoms with Crippen molar-refractivity contribution in [3.63, 3.8) is 0 Å². The summed E-state index contributed by atoms with van der Waals surface area (Å²) >= 11 is 0. The zero-order valence-corrected chi connectivity index (χ0v) is 16.7. The van der Waals surface area contributed by atoms with Gasteiger partial charge in [0.15, 0.2) is 5.96 Å². The van der Waals surface area contributed by atoms with Gasteiger partial charge in [0, 0.05) is 51.4 Å². The van der Waals surface area contributed by atoms with Crippen LogP contribution < -0.4 is 15.4 Å². The molecule has 7 nitrogen and oxygen atoms in total. The molecule has 3 rings (SSSR count). The lowest BCUT2D eigenvalue weighted by molar-refractivity contribution is -0.129. The molecule has 0 radical (unpaired) electrons. The Balaban J connectivity index is 1.52. The van der Waals surface area contributed by atoms with Crippen LogP contribution in [0.2, 0.25) is 0 Å². The molecule has 0 bridgehead atoms. The number of halogens is 1. The van der Waals surface area contributed by atoms with Crippen molar-refractivity contribution in [2.45, 2.75) is 32.4 Å². The number of amides is 1. The molecule has 1 unspecified atom stereocenters. The summed E-state index contributed by atoms with van der Waals surface area (Å²) in [7, 11) is 1.72. The van der Waals surface area contributed by atoms with Crippen LogP contribution in [0.25, 0.3) is 0 Å². The summed E-state index contributed by atoms with van der Waals surface area (Å²) < 4.78 is 18.7. The normalized spacial score (nSPS) is 16.6. The number of benzene rings is 1. The number of aromatic nitrogens is 1. The van der Waals surface area contributed by atoms with Crippen molar-refractivity contribution in [1.82, 2.24) is 20.5 Å². The molecule has 1 aromatic heterocycles. The van der Waals surface area contributed by atoms with Crippen LogP contribution in [0.15, 0.2) is 47.6 Å². The summed E-state index contributed by atoms with van der Waals surface area (Å²) in [5.41, 5.74) is 0.967. The number of carbonyl (C=O) groups excluding carboxylic acids is 1. The average molecular weight is 399 g/mol. The van der Waals surface area contributed by atoms with E-state index in [4.69, 9.17) is 4.74 Å². The Morgan fingerprint density at radius 2 is 2.14 bits per heavy atom. The number of rotatable bonds is 6. The number of hydrogen-bond acceptors (Lipinski definition) is 4. The number of aliphatic imine (C=N–C) groups is 1. The maximum atomic E-state index is 13.0. The van der Waals surface area contributed by atoms with Crippen LogP contribution in [0.3, 0.4) is 0 Å². The van der Waals surface area contributed by atoms with Crippen LogP contribution in [0.5, 0.6) is 11.6 Å². The van der Waals surface area contributed by atoms with Gasteiger partial charge in [-0.05, 0) is 42.3 Å². The number of pyridine rings is 1. The molecule has 1 aliphatic heterocycles. The Morgan fingerprint density at radius 3 is 2.86 bits per heavy atom. The van der Waals surface area contributed by atoms with Crippen LogP contribution in [-0.2, 0) is 11.3 Å². The fourth-order valence-corrected chi connectivity index (χ4v) is 3.14. The summed E-state index contributed by atoms with van der Waals surface area (Å²) in [5.74, 6) is 1.50. The number of carbonyl (C=O) groups is 1. The molecule has 0 saturated carbocycles. The molecular weight excluding hydrogens is 373 g/mol. The van der Waals surface area contributed by atoms with E-state index in [2.05, 4.69) is 20.6 Å². The summed E-state index contributed by atoms with van der Waals surface area (Å²) in [6.45, 7) is 3.88. The van der Waals surface area contributed by atoms with Crippen molar-refractivity contribution < 1.29 is 13.9 Å². The highest BCUT2D eigenvalue weighted by molar-refractivity contribution is 5.80. The Kier molecular flexibility index (Phi) is 6.99. The lowest BCUT2D eigenvalue weighted by Crippen LogP contribution is -2.44. The predicted molar refractivity (Wildman–Crippen MR) is 109 cm³/mol. The first-order chi connectivity index (χ1) is 14.1. The predicted octanol–water partition coefficient (Wildman–Crippen LogP) is 2.69. The molecule has 1 atom stereocenters. The van der Waals surface area contributed by atoms with Crippen molar-refractivity contribution in [2.24, 2.45) is 4.99 Å². The van der Waals surface area contributed by atoms with E-state index < -0.39 is 0 Å². The summed E-state index contributed by atoms with van der Waals surface area (Å²) in [4.78, 5) is 22.2. The van der Waals surface area contributed by atoms with Crippen LogP contribution in [0.1, 0.15) is 25.3 Å². The van der Waals surface area contributed by atoms with Gasteiger partial charge in [-0.3, -0.25) is 9.79 Å². The Hall–Kier alpha value is -3.16. The van der Waals surface area contributed by atoms with Crippen LogP contribution >= 0.6 is 0 Å². The molecule has 2 heterocycles. The molecule has 1 fully saturated rings. The van der Waals surface area contributed by atoms with Gasteiger partial charge >= 0.3 is 0 Å². The second-order valence-corrected chi connectivity index (χ2v) is 6.81. The Morgan fingerprint density at radius 1 is 1.34 bits per heavy atom. The Bertz CT molecular complexity index is 856. The largest absolute Gasteiger partial charge is 0.439 e. The SMILES string of the molecule is CCC(=O)N1CCC(NC(=NC)NCc2ccnc(Oc3ccc(F)cc3)c2)C1. The van der Waals surface area contributed by atoms with Crippen molar-refractivity contribution in [1.29, 1.82) is 0 Å². The highest BCUT2D eigenvalue weighted by Crippen LogP contribution is 2.20. The zero-order valence-electron chi connectivity index (χ0n) is 16.7. The molecule has 0 aliphatic carbocycles. The summed E-state index contributed by atoms with van der Waals surface area (Å²) in [5, 5.41) is 6.64. The van der Waals surface area contributed by atoms with E-state index in [-0.39, 0.29) is 17.8 Å². The molecule has 8 heteroatoms. The third-order valence-corrected chi connectivity index (χ3v) is 4.70. The zero-order chi connectivity index (χ0) is 20.6. The fraction of sp³-hybridized carbons (Fsp3) is 0.381. The molecule has 0 spiro atoms. The molecular formula is C21H26FN5O2. The maximum Gasteiger partial charge on any atom is 0.222 e. The first-order valence-electron chi connectivity index (χ1n) is 9.70. The number of nitrogens with zero attached hydrogens (tertiary/aromatic N) is 3. The lowest BCUT2D eigenvalue weighted by atomic mass is 10.2. The van der Waals surface area contributed by atoms with Crippen LogP contribution in [-0.4, -0.2) is 47.9 Å². The van der Waals surface area contributed by atoms with E-state index in [1.165, 1.54) is 12.1 Å². The van der Waals surface area contributed by atoms with Gasteiger partial charge in [-0.25, -0.2) is 9.37 Å². The minimum absolute atomic E-state index is 0.183. The molecule has 1 amide bonds. The average Bonchev–Trinajstić information content (AvgIpc) is 3.21. The first-order valence-corrected chi connectivity index (χ1v) is 9.70. The van der Waals surface area contributed by atoms with E-state index in [1.54, 1.807) is 25.4 Å². The van der Waals surface area contributed by atoms with E-state index in [0.29, 0.717) is 37.1 Å². The molecule has 1 saturated heterocycles. The lowest BCUT2D eigenvalue weighted by Gasteiger charge is -2.18. The minimum atomic E-state index is -0.313. The second kappa shape index (κ2) is 9.86. The van der Waals surface area contributed by atoms with Crippen molar-refractivity contribution in [3.05, 3.63) is 54.0 Å². The fourth-order valence-electron chi connectivity index (χ4n) is 3.14. The second-order valence-electron chi connectivity index (χ2n) is 6.81. The van der Waals surface area contributed by atoms with Crippen molar-refractivity contribution in [3.8, 4) is 11.6 Å². The maximum absolute atomic E-state index is 13.0. The summed E-state index contributed by atoms with van der Waals surface area (Å²) in [6, 6.07) is 9.69. The van der Waals surface area contributed by atoms with E-state index in [9.17, 15) is 9.18 Å². The monoisotopic (exact) mass is 399 g/mol. The van der Waals surface area contributed by atoms with Crippen LogP contribution in [0, 0.1) is 5.82 Å². The van der Waals surface area contributed by atoms with E-state index in [0.717, 1.165) is 18.5 Å². The molecule has 1 aliphatic rings. The molecule has 1 aromatic carbocycles.